The Morgan fingerprint density at radius 3 is 2.81 bits per heavy atom. The minimum atomic E-state index is 0.543. The summed E-state index contributed by atoms with van der Waals surface area (Å²) in [6.07, 6.45) is 4.84. The molecule has 0 aliphatic heterocycles. The average Bonchev–Trinajstić information content (AvgIpc) is 2.84. The van der Waals surface area contributed by atoms with E-state index >= 15 is 0 Å². The number of aromatic nitrogens is 3. The molecule has 2 aromatic rings. The second-order valence-electron chi connectivity index (χ2n) is 5.77. The van der Waals surface area contributed by atoms with Crippen molar-refractivity contribution in [1.29, 1.82) is 0 Å². The van der Waals surface area contributed by atoms with Crippen LogP contribution in [0.15, 0.2) is 30.6 Å². The van der Waals surface area contributed by atoms with Crippen molar-refractivity contribution < 1.29 is 0 Å². The number of hydrogen-bond donors (Lipinski definition) is 1. The molecular formula is C17H26N4. The number of rotatable bonds is 8. The van der Waals surface area contributed by atoms with Crippen molar-refractivity contribution in [2.45, 2.75) is 33.1 Å². The molecule has 0 spiro atoms. The molecule has 114 valence electrons. The monoisotopic (exact) mass is 286 g/mol. The van der Waals surface area contributed by atoms with Crippen LogP contribution in [0, 0.1) is 12.8 Å². The molecule has 1 heterocycles. The fraction of sp³-hybridized carbons (Fsp3) is 0.529. The highest BCUT2D eigenvalue weighted by atomic mass is 15.3. The molecular weight excluding hydrogens is 260 g/mol. The first-order chi connectivity index (χ1) is 10.2. The SMILES string of the molecule is CCCNCC(Cc1cccc(C)c1)Cc1ncnn1C. The highest BCUT2D eigenvalue weighted by Crippen LogP contribution is 2.14. The standard InChI is InChI=1S/C17H26N4/c1-4-8-18-12-16(11-17-19-13-20-21(17)3)10-15-7-5-6-14(2)9-15/h5-7,9,13,16,18H,4,8,10-12H2,1-3H3. The first-order valence-corrected chi connectivity index (χ1v) is 7.78. The predicted octanol–water partition coefficient (Wildman–Crippen LogP) is 2.52. The summed E-state index contributed by atoms with van der Waals surface area (Å²) in [4.78, 5) is 4.37. The molecule has 1 atom stereocenters. The Hall–Kier alpha value is -1.68. The molecule has 4 heteroatoms. The van der Waals surface area contributed by atoms with Crippen LogP contribution in [0.2, 0.25) is 0 Å². The molecule has 0 bridgehead atoms. The van der Waals surface area contributed by atoms with Crippen molar-refractivity contribution in [2.24, 2.45) is 13.0 Å². The number of benzene rings is 1. The van der Waals surface area contributed by atoms with Gasteiger partial charge in [-0.15, -0.1) is 0 Å². The van der Waals surface area contributed by atoms with Crippen LogP contribution in [0.1, 0.15) is 30.3 Å². The maximum absolute atomic E-state index is 4.37. The lowest BCUT2D eigenvalue weighted by molar-refractivity contribution is 0.453. The van der Waals surface area contributed by atoms with E-state index in [1.165, 1.54) is 17.5 Å². The van der Waals surface area contributed by atoms with Gasteiger partial charge in [-0.2, -0.15) is 5.10 Å². The zero-order valence-corrected chi connectivity index (χ0v) is 13.3. The summed E-state index contributed by atoms with van der Waals surface area (Å²) in [5.41, 5.74) is 2.73. The van der Waals surface area contributed by atoms with Crippen LogP contribution in [0.3, 0.4) is 0 Å². The van der Waals surface area contributed by atoms with Gasteiger partial charge in [0.15, 0.2) is 0 Å². The lowest BCUT2D eigenvalue weighted by Gasteiger charge is -2.17. The fourth-order valence-corrected chi connectivity index (χ4v) is 2.64. The van der Waals surface area contributed by atoms with Gasteiger partial charge in [0, 0.05) is 13.5 Å². The van der Waals surface area contributed by atoms with Gasteiger partial charge >= 0.3 is 0 Å². The van der Waals surface area contributed by atoms with Crippen LogP contribution in [0.25, 0.3) is 0 Å². The summed E-state index contributed by atoms with van der Waals surface area (Å²) in [5, 5.41) is 7.72. The lowest BCUT2D eigenvalue weighted by Crippen LogP contribution is -2.27. The van der Waals surface area contributed by atoms with Crippen LogP contribution < -0.4 is 5.32 Å². The van der Waals surface area contributed by atoms with E-state index in [0.717, 1.165) is 31.8 Å². The summed E-state index contributed by atoms with van der Waals surface area (Å²) < 4.78 is 1.88. The Morgan fingerprint density at radius 2 is 2.14 bits per heavy atom. The molecule has 0 fully saturated rings. The highest BCUT2D eigenvalue weighted by Gasteiger charge is 2.13. The van der Waals surface area contributed by atoms with Gasteiger partial charge in [-0.3, -0.25) is 4.68 Å². The molecule has 0 aliphatic carbocycles. The number of nitrogens with zero attached hydrogens (tertiary/aromatic N) is 3. The van der Waals surface area contributed by atoms with Crippen molar-refractivity contribution in [3.8, 4) is 0 Å². The smallest absolute Gasteiger partial charge is 0.138 e. The zero-order chi connectivity index (χ0) is 15.1. The van der Waals surface area contributed by atoms with Gasteiger partial charge in [-0.1, -0.05) is 36.8 Å². The van der Waals surface area contributed by atoms with Crippen LogP contribution in [-0.2, 0) is 19.9 Å². The van der Waals surface area contributed by atoms with Crippen molar-refractivity contribution in [3.63, 3.8) is 0 Å². The maximum Gasteiger partial charge on any atom is 0.138 e. The van der Waals surface area contributed by atoms with Gasteiger partial charge in [0.2, 0.25) is 0 Å². The molecule has 0 saturated heterocycles. The van der Waals surface area contributed by atoms with E-state index in [2.05, 4.69) is 53.5 Å². The van der Waals surface area contributed by atoms with Crippen molar-refractivity contribution in [3.05, 3.63) is 47.5 Å². The summed E-state index contributed by atoms with van der Waals surface area (Å²) in [5.74, 6) is 1.60. The minimum absolute atomic E-state index is 0.543. The van der Waals surface area contributed by atoms with Crippen LogP contribution in [0.5, 0.6) is 0 Å². The van der Waals surface area contributed by atoms with Crippen molar-refractivity contribution in [2.75, 3.05) is 13.1 Å². The number of aryl methyl sites for hydroxylation is 2. The minimum Gasteiger partial charge on any atom is -0.316 e. The Morgan fingerprint density at radius 1 is 1.29 bits per heavy atom. The lowest BCUT2D eigenvalue weighted by atomic mass is 9.95. The molecule has 2 rings (SSSR count). The molecule has 1 aromatic carbocycles. The van der Waals surface area contributed by atoms with Gasteiger partial charge in [-0.05, 0) is 44.3 Å². The van der Waals surface area contributed by atoms with Crippen LogP contribution >= 0.6 is 0 Å². The van der Waals surface area contributed by atoms with E-state index in [-0.39, 0.29) is 0 Å². The molecule has 0 aliphatic rings. The van der Waals surface area contributed by atoms with E-state index in [4.69, 9.17) is 0 Å². The molecule has 0 radical (unpaired) electrons. The van der Waals surface area contributed by atoms with E-state index in [1.807, 2.05) is 11.7 Å². The van der Waals surface area contributed by atoms with Gasteiger partial charge < -0.3 is 5.32 Å². The third kappa shape index (κ3) is 4.97. The fourth-order valence-electron chi connectivity index (χ4n) is 2.64. The molecule has 1 aromatic heterocycles. The molecule has 0 amide bonds. The van der Waals surface area contributed by atoms with E-state index in [9.17, 15) is 0 Å². The second kappa shape index (κ2) is 7.93. The summed E-state index contributed by atoms with van der Waals surface area (Å²) in [6, 6.07) is 8.79. The Kier molecular flexibility index (Phi) is 5.93. The summed E-state index contributed by atoms with van der Waals surface area (Å²) in [7, 11) is 1.96. The third-order valence-electron chi connectivity index (χ3n) is 3.74. The molecule has 0 saturated carbocycles. The molecule has 21 heavy (non-hydrogen) atoms. The molecule has 1 unspecified atom stereocenters. The maximum atomic E-state index is 4.37. The summed E-state index contributed by atoms with van der Waals surface area (Å²) >= 11 is 0. The Balaban J connectivity index is 2.02. The molecule has 4 nitrogen and oxygen atoms in total. The largest absolute Gasteiger partial charge is 0.316 e. The van der Waals surface area contributed by atoms with Gasteiger partial charge in [0.25, 0.3) is 0 Å². The van der Waals surface area contributed by atoms with Crippen molar-refractivity contribution >= 4 is 0 Å². The van der Waals surface area contributed by atoms with E-state index in [0.29, 0.717) is 5.92 Å². The normalized spacial score (nSPS) is 12.5. The topological polar surface area (TPSA) is 42.7 Å². The summed E-state index contributed by atoms with van der Waals surface area (Å²) in [6.45, 7) is 6.44. The first kappa shape index (κ1) is 15.7. The predicted molar refractivity (Wildman–Crippen MR) is 86.2 cm³/mol. The Labute approximate surface area is 127 Å². The van der Waals surface area contributed by atoms with Crippen molar-refractivity contribution in [1.82, 2.24) is 20.1 Å². The van der Waals surface area contributed by atoms with E-state index < -0.39 is 0 Å². The van der Waals surface area contributed by atoms with Crippen LogP contribution in [0.4, 0.5) is 0 Å². The Bertz CT molecular complexity index is 547. The third-order valence-corrected chi connectivity index (χ3v) is 3.74. The number of hydrogen-bond acceptors (Lipinski definition) is 3. The first-order valence-electron chi connectivity index (χ1n) is 7.78. The van der Waals surface area contributed by atoms with Gasteiger partial charge in [0.05, 0.1) is 0 Å². The van der Waals surface area contributed by atoms with E-state index in [1.54, 1.807) is 6.33 Å². The van der Waals surface area contributed by atoms with Crippen LogP contribution in [-0.4, -0.2) is 27.9 Å². The van der Waals surface area contributed by atoms with Gasteiger partial charge in [-0.25, -0.2) is 4.98 Å². The second-order valence-corrected chi connectivity index (χ2v) is 5.77. The van der Waals surface area contributed by atoms with Gasteiger partial charge in [0.1, 0.15) is 12.2 Å². The average molecular weight is 286 g/mol. The highest BCUT2D eigenvalue weighted by molar-refractivity contribution is 5.22. The number of nitrogens with one attached hydrogen (secondary N) is 1. The molecule has 1 N–H and O–H groups in total. The zero-order valence-electron chi connectivity index (χ0n) is 13.3. The quantitative estimate of drug-likeness (QED) is 0.758.